The maximum Gasteiger partial charge on any atom is 0.254 e. The van der Waals surface area contributed by atoms with Crippen molar-refractivity contribution in [2.24, 2.45) is 0 Å². The van der Waals surface area contributed by atoms with Crippen molar-refractivity contribution >= 4 is 11.6 Å². The van der Waals surface area contributed by atoms with Gasteiger partial charge in [0.15, 0.2) is 0 Å². The average Bonchev–Trinajstić information content (AvgIpc) is 2.11. The van der Waals surface area contributed by atoms with Gasteiger partial charge in [-0.25, -0.2) is 4.98 Å². The maximum atomic E-state index is 13.3. The van der Waals surface area contributed by atoms with E-state index in [2.05, 4.69) is 9.97 Å². The predicted molar refractivity (Wildman–Crippen MR) is 47.5 cm³/mol. The summed E-state index contributed by atoms with van der Waals surface area (Å²) < 4.78 is 18.0. The molecule has 0 aromatic carbocycles. The quantitative estimate of drug-likeness (QED) is 0.709. The zero-order chi connectivity index (χ0) is 9.84. The van der Waals surface area contributed by atoms with Crippen LogP contribution in [0.25, 0.3) is 0 Å². The molecule has 13 heavy (non-hydrogen) atoms. The highest BCUT2D eigenvalue weighted by Gasteiger charge is 2.12. The Morgan fingerprint density at radius 3 is 2.69 bits per heavy atom. The zero-order valence-corrected chi connectivity index (χ0v) is 8.23. The summed E-state index contributed by atoms with van der Waals surface area (Å²) in [6, 6.07) is 0. The van der Waals surface area contributed by atoms with Crippen LogP contribution in [0, 0.1) is 5.82 Å². The Bertz CT molecular complexity index is 306. The van der Waals surface area contributed by atoms with Crippen LogP contribution in [0.5, 0.6) is 5.88 Å². The van der Waals surface area contributed by atoms with Gasteiger partial charge in [-0.05, 0) is 18.0 Å². The molecule has 3 nitrogen and oxygen atoms in total. The van der Waals surface area contributed by atoms with Gasteiger partial charge in [-0.1, -0.05) is 13.3 Å². The Hall–Kier alpha value is -0.900. The molecule has 1 aromatic rings. The third-order valence-corrected chi connectivity index (χ3v) is 1.71. The molecule has 0 saturated carbocycles. The Morgan fingerprint density at radius 1 is 1.46 bits per heavy atom. The molecule has 72 valence electrons. The van der Waals surface area contributed by atoms with Gasteiger partial charge in [0.1, 0.15) is 0 Å². The van der Waals surface area contributed by atoms with Gasteiger partial charge in [0.2, 0.25) is 11.1 Å². The number of aryl methyl sites for hydroxylation is 1. The smallest absolute Gasteiger partial charge is 0.254 e. The molecule has 0 radical (unpaired) electrons. The third-order valence-electron chi connectivity index (χ3n) is 1.54. The van der Waals surface area contributed by atoms with Crippen LogP contribution in [-0.2, 0) is 6.42 Å². The van der Waals surface area contributed by atoms with Gasteiger partial charge in [-0.15, -0.1) is 0 Å². The van der Waals surface area contributed by atoms with Gasteiger partial charge in [0.25, 0.3) is 5.88 Å². The molecule has 0 spiro atoms. The molecule has 5 heteroatoms. The average molecular weight is 205 g/mol. The van der Waals surface area contributed by atoms with E-state index in [9.17, 15) is 4.39 Å². The van der Waals surface area contributed by atoms with Gasteiger partial charge >= 0.3 is 0 Å². The number of aromatic nitrogens is 2. The second-order valence-electron chi connectivity index (χ2n) is 2.51. The van der Waals surface area contributed by atoms with E-state index >= 15 is 0 Å². The van der Waals surface area contributed by atoms with E-state index in [4.69, 9.17) is 16.3 Å². The summed E-state index contributed by atoms with van der Waals surface area (Å²) in [4.78, 5) is 7.36. The lowest BCUT2D eigenvalue weighted by molar-refractivity contribution is 0.363. The van der Waals surface area contributed by atoms with E-state index in [1.807, 2.05) is 6.92 Å². The molecule has 1 rings (SSSR count). The van der Waals surface area contributed by atoms with Crippen molar-refractivity contribution in [3.8, 4) is 5.88 Å². The molecular formula is C8H10ClFN2O. The summed E-state index contributed by atoms with van der Waals surface area (Å²) in [6.45, 7) is 1.93. The Morgan fingerprint density at radius 2 is 2.15 bits per heavy atom. The number of hydrogen-bond donors (Lipinski definition) is 0. The van der Waals surface area contributed by atoms with Crippen molar-refractivity contribution in [2.75, 3.05) is 7.11 Å². The lowest BCUT2D eigenvalue weighted by Gasteiger charge is -2.04. The SMILES string of the molecule is CCCc1nc(Cl)nc(OC)c1F. The Labute approximate surface area is 80.9 Å². The summed E-state index contributed by atoms with van der Waals surface area (Å²) in [5.41, 5.74) is 0.305. The van der Waals surface area contributed by atoms with Crippen molar-refractivity contribution in [2.45, 2.75) is 19.8 Å². The molecular weight excluding hydrogens is 195 g/mol. The summed E-state index contributed by atoms with van der Waals surface area (Å²) >= 11 is 5.57. The predicted octanol–water partition coefficient (Wildman–Crippen LogP) is 2.23. The minimum Gasteiger partial charge on any atom is -0.479 e. The van der Waals surface area contributed by atoms with Gasteiger partial charge in [-0.3, -0.25) is 0 Å². The fraction of sp³-hybridized carbons (Fsp3) is 0.500. The van der Waals surface area contributed by atoms with Crippen LogP contribution in [0.3, 0.4) is 0 Å². The van der Waals surface area contributed by atoms with Crippen LogP contribution in [0.4, 0.5) is 4.39 Å². The molecule has 0 fully saturated rings. The number of nitrogens with zero attached hydrogens (tertiary/aromatic N) is 2. The monoisotopic (exact) mass is 204 g/mol. The standard InChI is InChI=1S/C8H10ClFN2O/c1-3-4-5-6(10)7(13-2)12-8(9)11-5/h3-4H2,1-2H3. The van der Waals surface area contributed by atoms with E-state index in [1.165, 1.54) is 7.11 Å². The molecule has 0 unspecified atom stereocenters. The Balaban J connectivity index is 3.11. The molecule has 0 aliphatic carbocycles. The number of rotatable bonds is 3. The van der Waals surface area contributed by atoms with Crippen molar-refractivity contribution in [1.82, 2.24) is 9.97 Å². The first-order valence-corrected chi connectivity index (χ1v) is 4.32. The normalized spacial score (nSPS) is 10.2. The summed E-state index contributed by atoms with van der Waals surface area (Å²) in [7, 11) is 1.34. The first kappa shape index (κ1) is 10.2. The fourth-order valence-corrected chi connectivity index (χ4v) is 1.16. The van der Waals surface area contributed by atoms with E-state index in [-0.39, 0.29) is 11.2 Å². The fourth-order valence-electron chi connectivity index (χ4n) is 0.979. The van der Waals surface area contributed by atoms with E-state index in [0.717, 1.165) is 6.42 Å². The van der Waals surface area contributed by atoms with Crippen LogP contribution < -0.4 is 4.74 Å². The van der Waals surface area contributed by atoms with Gasteiger partial charge in [0, 0.05) is 0 Å². The van der Waals surface area contributed by atoms with Crippen LogP contribution >= 0.6 is 11.6 Å². The molecule has 0 N–H and O–H groups in total. The number of methoxy groups -OCH3 is 1. The van der Waals surface area contributed by atoms with Crippen molar-refractivity contribution in [3.05, 3.63) is 16.8 Å². The highest BCUT2D eigenvalue weighted by molar-refractivity contribution is 6.28. The van der Waals surface area contributed by atoms with Crippen LogP contribution in [0.1, 0.15) is 19.0 Å². The number of halogens is 2. The minimum absolute atomic E-state index is 0.0155. The molecule has 0 aliphatic heterocycles. The molecule has 1 heterocycles. The summed E-state index contributed by atoms with van der Waals surface area (Å²) in [6.07, 6.45) is 1.33. The van der Waals surface area contributed by atoms with Crippen molar-refractivity contribution in [1.29, 1.82) is 0 Å². The lowest BCUT2D eigenvalue weighted by atomic mass is 10.2. The molecule has 0 atom stereocenters. The molecule has 0 bridgehead atoms. The molecule has 1 aromatic heterocycles. The minimum atomic E-state index is -0.520. The molecule has 0 amide bonds. The molecule has 0 saturated heterocycles. The first-order valence-electron chi connectivity index (χ1n) is 3.95. The highest BCUT2D eigenvalue weighted by atomic mass is 35.5. The van der Waals surface area contributed by atoms with Crippen LogP contribution in [0.15, 0.2) is 0 Å². The van der Waals surface area contributed by atoms with Gasteiger partial charge in [0.05, 0.1) is 12.8 Å². The topological polar surface area (TPSA) is 35.0 Å². The van der Waals surface area contributed by atoms with Crippen molar-refractivity contribution < 1.29 is 9.13 Å². The molecule has 0 aliphatic rings. The second-order valence-corrected chi connectivity index (χ2v) is 2.85. The maximum absolute atomic E-state index is 13.3. The highest BCUT2D eigenvalue weighted by Crippen LogP contribution is 2.19. The van der Waals surface area contributed by atoms with Crippen LogP contribution in [-0.4, -0.2) is 17.1 Å². The Kier molecular flexibility index (Phi) is 3.42. The summed E-state index contributed by atoms with van der Waals surface area (Å²) in [5, 5.41) is 0.0155. The van der Waals surface area contributed by atoms with Gasteiger partial charge in [-0.2, -0.15) is 9.37 Å². The van der Waals surface area contributed by atoms with E-state index < -0.39 is 5.82 Å². The van der Waals surface area contributed by atoms with E-state index in [1.54, 1.807) is 0 Å². The van der Waals surface area contributed by atoms with E-state index in [0.29, 0.717) is 12.1 Å². The third kappa shape index (κ3) is 2.28. The largest absolute Gasteiger partial charge is 0.479 e. The number of ether oxygens (including phenoxy) is 1. The second kappa shape index (κ2) is 4.37. The van der Waals surface area contributed by atoms with Gasteiger partial charge < -0.3 is 4.74 Å². The van der Waals surface area contributed by atoms with Crippen molar-refractivity contribution in [3.63, 3.8) is 0 Å². The first-order chi connectivity index (χ1) is 6.19. The lowest BCUT2D eigenvalue weighted by Crippen LogP contribution is -2.01. The number of hydrogen-bond acceptors (Lipinski definition) is 3. The zero-order valence-electron chi connectivity index (χ0n) is 7.47. The van der Waals surface area contributed by atoms with Crippen LogP contribution in [0.2, 0.25) is 5.28 Å². The summed E-state index contributed by atoms with van der Waals surface area (Å²) in [5.74, 6) is -0.614.